The molecule has 0 aliphatic heterocycles. The van der Waals surface area contributed by atoms with Gasteiger partial charge in [0.25, 0.3) is 5.69 Å². The van der Waals surface area contributed by atoms with Crippen molar-refractivity contribution in [3.05, 3.63) is 64.2 Å². The van der Waals surface area contributed by atoms with E-state index < -0.39 is 6.72 Å². The molecule has 22 heavy (non-hydrogen) atoms. The Balaban J connectivity index is 0.000000422. The Kier molecular flexibility index (Phi) is 6.80. The molecule has 0 fully saturated rings. The Hall–Kier alpha value is -1.63. The molecule has 0 aliphatic carbocycles. The van der Waals surface area contributed by atoms with Gasteiger partial charge >= 0.3 is 6.72 Å². The van der Waals surface area contributed by atoms with Gasteiger partial charge in [-0.3, -0.25) is 10.1 Å². The van der Waals surface area contributed by atoms with Crippen LogP contribution < -0.4 is 0 Å². The molecule has 0 spiro atoms. The van der Waals surface area contributed by atoms with Gasteiger partial charge in [-0.2, -0.15) is 0 Å². The topological polar surface area (TPSA) is 104 Å². The zero-order valence-electron chi connectivity index (χ0n) is 11.8. The summed E-state index contributed by atoms with van der Waals surface area (Å²) >= 11 is 3.60. The summed E-state index contributed by atoms with van der Waals surface area (Å²) in [6, 6.07) is 15.0. The number of hydrogen-bond donors (Lipinski definition) is 3. The third-order valence-corrected chi connectivity index (χ3v) is 2.77. The van der Waals surface area contributed by atoms with E-state index in [9.17, 15) is 10.1 Å². The number of non-ortho nitro benzene ring substituents is 1. The molecular weight excluding hydrogens is 325 g/mol. The lowest BCUT2D eigenvalue weighted by Gasteiger charge is -2.07. The van der Waals surface area contributed by atoms with Crippen molar-refractivity contribution in [1.29, 1.82) is 0 Å². The SMILES string of the molecule is CCc1cc([N+](=O)[O-])ccc1-c1ccccc1.OP(O)(O)=S. The van der Waals surface area contributed by atoms with Crippen LogP contribution in [0.25, 0.3) is 11.1 Å². The van der Waals surface area contributed by atoms with Crippen LogP contribution in [0.4, 0.5) is 5.69 Å². The van der Waals surface area contributed by atoms with Crippen LogP contribution in [0.15, 0.2) is 48.5 Å². The predicted molar refractivity (Wildman–Crippen MR) is 88.9 cm³/mol. The van der Waals surface area contributed by atoms with Crippen LogP contribution in [-0.4, -0.2) is 19.6 Å². The van der Waals surface area contributed by atoms with Gasteiger partial charge in [-0.25, -0.2) is 0 Å². The van der Waals surface area contributed by atoms with Crippen LogP contribution in [0.1, 0.15) is 12.5 Å². The van der Waals surface area contributed by atoms with Gasteiger partial charge in [0.2, 0.25) is 0 Å². The molecule has 6 nitrogen and oxygen atoms in total. The summed E-state index contributed by atoms with van der Waals surface area (Å²) in [4.78, 5) is 33.0. The Morgan fingerprint density at radius 1 is 1.14 bits per heavy atom. The van der Waals surface area contributed by atoms with E-state index in [4.69, 9.17) is 14.7 Å². The Bertz CT molecular complexity index is 679. The predicted octanol–water partition coefficient (Wildman–Crippen LogP) is 3.01. The van der Waals surface area contributed by atoms with Crippen molar-refractivity contribution in [1.82, 2.24) is 0 Å². The first kappa shape index (κ1) is 18.4. The third kappa shape index (κ3) is 6.43. The minimum Gasteiger partial charge on any atom is -0.325 e. The number of nitrogens with zero attached hydrogens (tertiary/aromatic N) is 1. The van der Waals surface area contributed by atoms with Crippen LogP contribution in [0.2, 0.25) is 0 Å². The highest BCUT2D eigenvalue weighted by atomic mass is 32.5. The highest BCUT2D eigenvalue weighted by Crippen LogP contribution is 2.27. The van der Waals surface area contributed by atoms with Gasteiger partial charge in [-0.05, 0) is 41.0 Å². The molecular formula is C14H16NO5PS. The summed E-state index contributed by atoms with van der Waals surface area (Å²) in [7, 11) is 0. The maximum absolute atomic E-state index is 10.7. The van der Waals surface area contributed by atoms with E-state index >= 15 is 0 Å². The Labute approximate surface area is 133 Å². The van der Waals surface area contributed by atoms with Crippen molar-refractivity contribution in [2.24, 2.45) is 0 Å². The normalized spacial score (nSPS) is 10.5. The molecule has 0 bridgehead atoms. The number of benzene rings is 2. The fraction of sp³-hybridized carbons (Fsp3) is 0.143. The van der Waals surface area contributed by atoms with Crippen molar-refractivity contribution in [3.8, 4) is 11.1 Å². The monoisotopic (exact) mass is 341 g/mol. The van der Waals surface area contributed by atoms with Gasteiger partial charge in [-0.1, -0.05) is 37.3 Å². The summed E-state index contributed by atoms with van der Waals surface area (Å²) in [5.41, 5.74) is 3.32. The summed E-state index contributed by atoms with van der Waals surface area (Å²) in [6.07, 6.45) is 0.784. The molecule has 0 heterocycles. The van der Waals surface area contributed by atoms with E-state index in [-0.39, 0.29) is 10.6 Å². The van der Waals surface area contributed by atoms with E-state index in [1.54, 1.807) is 12.1 Å². The van der Waals surface area contributed by atoms with E-state index in [0.717, 1.165) is 23.1 Å². The first-order valence-corrected chi connectivity index (χ1v) is 8.99. The highest BCUT2D eigenvalue weighted by molar-refractivity contribution is 8.06. The van der Waals surface area contributed by atoms with Crippen LogP contribution in [0.3, 0.4) is 0 Å². The summed E-state index contributed by atoms with van der Waals surface area (Å²) < 4.78 is 0. The van der Waals surface area contributed by atoms with Crippen LogP contribution in [0.5, 0.6) is 0 Å². The van der Waals surface area contributed by atoms with Crippen LogP contribution in [0, 0.1) is 10.1 Å². The average molecular weight is 341 g/mol. The summed E-state index contributed by atoms with van der Waals surface area (Å²) in [5.74, 6) is 0. The molecule has 0 saturated heterocycles. The molecule has 0 aromatic heterocycles. The maximum Gasteiger partial charge on any atom is 0.319 e. The van der Waals surface area contributed by atoms with E-state index in [2.05, 4.69) is 11.8 Å². The third-order valence-electron chi connectivity index (χ3n) is 2.77. The zero-order valence-corrected chi connectivity index (χ0v) is 13.5. The molecule has 0 unspecified atom stereocenters. The molecule has 2 rings (SSSR count). The van der Waals surface area contributed by atoms with Crippen molar-refractivity contribution in [3.63, 3.8) is 0 Å². The molecule has 2 aromatic rings. The van der Waals surface area contributed by atoms with Gasteiger partial charge in [0.05, 0.1) is 4.92 Å². The largest absolute Gasteiger partial charge is 0.325 e. The molecule has 0 radical (unpaired) electrons. The Morgan fingerprint density at radius 3 is 2.14 bits per heavy atom. The second-order valence-electron chi connectivity index (χ2n) is 4.33. The van der Waals surface area contributed by atoms with Gasteiger partial charge in [0.15, 0.2) is 0 Å². The second-order valence-corrected chi connectivity index (χ2v) is 6.83. The van der Waals surface area contributed by atoms with Crippen molar-refractivity contribution in [2.75, 3.05) is 0 Å². The molecule has 8 heteroatoms. The standard InChI is InChI=1S/C14H13NO2.H3O3PS/c1-2-11-10-13(15(16)17)8-9-14(11)12-6-4-3-5-7-12;1-4(2,3)5/h3-10H,2H2,1H3;(H3,1,2,3,5). The number of nitro benzene ring substituents is 1. The first-order chi connectivity index (χ1) is 10.2. The fourth-order valence-electron chi connectivity index (χ4n) is 1.89. The number of rotatable bonds is 3. The molecule has 0 atom stereocenters. The van der Waals surface area contributed by atoms with Crippen molar-refractivity contribution < 1.29 is 19.6 Å². The van der Waals surface area contributed by atoms with Crippen LogP contribution in [-0.2, 0) is 18.2 Å². The lowest BCUT2D eigenvalue weighted by molar-refractivity contribution is -0.384. The average Bonchev–Trinajstić information content (AvgIpc) is 2.45. The number of aryl methyl sites for hydroxylation is 1. The zero-order chi connectivity index (χ0) is 16.8. The number of hydrogen-bond acceptors (Lipinski definition) is 3. The number of nitro groups is 1. The molecule has 2 aromatic carbocycles. The second kappa shape index (κ2) is 8.12. The van der Waals surface area contributed by atoms with Crippen molar-refractivity contribution in [2.45, 2.75) is 13.3 Å². The lowest BCUT2D eigenvalue weighted by atomic mass is 9.97. The molecule has 0 amide bonds. The summed E-state index contributed by atoms with van der Waals surface area (Å²) in [5, 5.41) is 10.7. The quantitative estimate of drug-likeness (QED) is 0.450. The van der Waals surface area contributed by atoms with Crippen LogP contribution >= 0.6 is 6.72 Å². The van der Waals surface area contributed by atoms with Gasteiger partial charge in [-0.15, -0.1) is 0 Å². The molecule has 0 saturated carbocycles. The smallest absolute Gasteiger partial charge is 0.319 e. The summed E-state index contributed by atoms with van der Waals surface area (Å²) in [6.45, 7) is -1.80. The highest BCUT2D eigenvalue weighted by Gasteiger charge is 2.10. The van der Waals surface area contributed by atoms with E-state index in [1.165, 1.54) is 0 Å². The minimum atomic E-state index is -3.81. The maximum atomic E-state index is 10.7. The van der Waals surface area contributed by atoms with Gasteiger partial charge in [0.1, 0.15) is 0 Å². The van der Waals surface area contributed by atoms with E-state index in [1.807, 2.05) is 43.3 Å². The minimum absolute atomic E-state index is 0.154. The van der Waals surface area contributed by atoms with Gasteiger partial charge < -0.3 is 14.7 Å². The molecule has 3 N–H and O–H groups in total. The van der Waals surface area contributed by atoms with Gasteiger partial charge in [0, 0.05) is 12.1 Å². The Morgan fingerprint density at radius 2 is 1.68 bits per heavy atom. The first-order valence-electron chi connectivity index (χ1n) is 6.33. The molecule has 118 valence electrons. The lowest BCUT2D eigenvalue weighted by Crippen LogP contribution is -1.92. The van der Waals surface area contributed by atoms with Crippen molar-refractivity contribution >= 4 is 24.2 Å². The van der Waals surface area contributed by atoms with E-state index in [0.29, 0.717) is 0 Å². The fourth-order valence-corrected chi connectivity index (χ4v) is 1.89. The molecule has 0 aliphatic rings.